The minimum Gasteiger partial charge on any atom is -0.346 e. The van der Waals surface area contributed by atoms with Crippen molar-refractivity contribution in [2.45, 2.75) is 0 Å². The lowest BCUT2D eigenvalue weighted by Gasteiger charge is -2.02. The molecule has 4 nitrogen and oxygen atoms in total. The van der Waals surface area contributed by atoms with Crippen LogP contribution in [0.5, 0.6) is 0 Å². The molecular formula is C9H7N3O. The zero-order valence-corrected chi connectivity index (χ0v) is 6.74. The first kappa shape index (κ1) is 6.54. The van der Waals surface area contributed by atoms with E-state index in [1.54, 1.807) is 4.52 Å². The summed E-state index contributed by atoms with van der Waals surface area (Å²) in [6.45, 7) is 0. The average molecular weight is 173 g/mol. The lowest BCUT2D eigenvalue weighted by atomic mass is 10.3. The fourth-order valence-corrected chi connectivity index (χ4v) is 1.59. The van der Waals surface area contributed by atoms with E-state index in [1.165, 1.54) is 6.07 Å². The number of hydrogen-bond donors (Lipinski definition) is 2. The number of fused-ring (bicyclic) bond motifs is 3. The summed E-state index contributed by atoms with van der Waals surface area (Å²) in [5.41, 5.74) is 2.78. The lowest BCUT2D eigenvalue weighted by molar-refractivity contribution is 0.930. The highest BCUT2D eigenvalue weighted by Gasteiger charge is 2.06. The number of hydrogen-bond acceptors (Lipinski definition) is 1. The van der Waals surface area contributed by atoms with Crippen molar-refractivity contribution in [1.29, 1.82) is 0 Å². The Kier molecular flexibility index (Phi) is 1.02. The molecule has 0 aromatic carbocycles. The van der Waals surface area contributed by atoms with Gasteiger partial charge in [0, 0.05) is 17.8 Å². The molecule has 0 spiro atoms. The lowest BCUT2D eigenvalue weighted by Crippen LogP contribution is -2.00. The predicted molar refractivity (Wildman–Crippen MR) is 49.0 cm³/mol. The minimum absolute atomic E-state index is 0.0926. The SMILES string of the molecule is O=c1cc2[nH]cc3cccc-3n2[nH]1. The van der Waals surface area contributed by atoms with Crippen molar-refractivity contribution in [1.82, 2.24) is 14.6 Å². The highest BCUT2D eigenvalue weighted by Crippen LogP contribution is 2.20. The zero-order valence-electron chi connectivity index (χ0n) is 6.74. The van der Waals surface area contributed by atoms with Crippen LogP contribution in [-0.4, -0.2) is 14.6 Å². The molecule has 1 aliphatic heterocycles. The number of rotatable bonds is 0. The third-order valence-corrected chi connectivity index (χ3v) is 2.17. The van der Waals surface area contributed by atoms with Gasteiger partial charge in [0.2, 0.25) is 0 Å². The second-order valence-electron chi connectivity index (χ2n) is 3.00. The molecule has 1 aliphatic carbocycles. The van der Waals surface area contributed by atoms with Crippen molar-refractivity contribution < 1.29 is 0 Å². The average Bonchev–Trinajstić information content (AvgIpc) is 2.65. The number of aromatic amines is 2. The molecule has 0 saturated heterocycles. The minimum atomic E-state index is -0.0926. The molecule has 64 valence electrons. The molecule has 0 radical (unpaired) electrons. The van der Waals surface area contributed by atoms with E-state index in [-0.39, 0.29) is 5.56 Å². The first-order valence-electron chi connectivity index (χ1n) is 4.02. The monoisotopic (exact) mass is 173 g/mol. The summed E-state index contributed by atoms with van der Waals surface area (Å²) in [5.74, 6) is 0. The van der Waals surface area contributed by atoms with E-state index in [0.29, 0.717) is 0 Å². The number of nitrogens with one attached hydrogen (secondary N) is 2. The molecule has 13 heavy (non-hydrogen) atoms. The summed E-state index contributed by atoms with van der Waals surface area (Å²) in [5, 5.41) is 2.72. The molecule has 0 bridgehead atoms. The molecule has 0 saturated carbocycles. The highest BCUT2D eigenvalue weighted by atomic mass is 16.1. The van der Waals surface area contributed by atoms with Crippen molar-refractivity contribution in [2.24, 2.45) is 0 Å². The van der Waals surface area contributed by atoms with Gasteiger partial charge >= 0.3 is 0 Å². The van der Waals surface area contributed by atoms with E-state index >= 15 is 0 Å². The van der Waals surface area contributed by atoms with Gasteiger partial charge in [0.25, 0.3) is 5.56 Å². The fraction of sp³-hybridized carbons (Fsp3) is 0. The van der Waals surface area contributed by atoms with Crippen LogP contribution in [-0.2, 0) is 0 Å². The quantitative estimate of drug-likeness (QED) is 0.524. The Morgan fingerprint density at radius 3 is 3.15 bits per heavy atom. The van der Waals surface area contributed by atoms with Crippen molar-refractivity contribution in [3.63, 3.8) is 0 Å². The van der Waals surface area contributed by atoms with Crippen molar-refractivity contribution in [3.8, 4) is 11.3 Å². The van der Waals surface area contributed by atoms with Gasteiger partial charge in [-0.1, -0.05) is 12.1 Å². The molecule has 4 heteroatoms. The third kappa shape index (κ3) is 0.767. The van der Waals surface area contributed by atoms with Crippen LogP contribution < -0.4 is 5.56 Å². The molecule has 0 unspecified atom stereocenters. The largest absolute Gasteiger partial charge is 0.346 e. The van der Waals surface area contributed by atoms with E-state index < -0.39 is 0 Å². The standard InChI is InChI=1S/C9H7N3O/c13-9-4-8-10-5-6-2-1-3-7(6)12(8)11-9/h1-5,10H,(H,11,13). The predicted octanol–water partition coefficient (Wildman–Crippen LogP) is 1.06. The summed E-state index contributed by atoms with van der Waals surface area (Å²) in [6.07, 6.45) is 1.89. The van der Waals surface area contributed by atoms with Crippen molar-refractivity contribution >= 4 is 5.65 Å². The van der Waals surface area contributed by atoms with Crippen LogP contribution >= 0.6 is 0 Å². The second-order valence-corrected chi connectivity index (χ2v) is 3.00. The van der Waals surface area contributed by atoms with E-state index in [2.05, 4.69) is 10.1 Å². The van der Waals surface area contributed by atoms with Gasteiger partial charge in [-0.15, -0.1) is 0 Å². The Bertz CT molecular complexity index is 586. The van der Waals surface area contributed by atoms with Crippen LogP contribution in [0, 0.1) is 0 Å². The van der Waals surface area contributed by atoms with Crippen LogP contribution in [0.2, 0.25) is 0 Å². The van der Waals surface area contributed by atoms with Crippen LogP contribution in [0.25, 0.3) is 16.9 Å². The van der Waals surface area contributed by atoms with E-state index in [4.69, 9.17) is 0 Å². The molecule has 3 rings (SSSR count). The maximum absolute atomic E-state index is 11.1. The molecule has 1 aromatic rings. The van der Waals surface area contributed by atoms with Gasteiger partial charge in [0.05, 0.1) is 5.69 Å². The van der Waals surface area contributed by atoms with Gasteiger partial charge in [-0.25, -0.2) is 4.52 Å². The molecule has 0 atom stereocenters. The highest BCUT2D eigenvalue weighted by molar-refractivity contribution is 5.64. The summed E-state index contributed by atoms with van der Waals surface area (Å²) < 4.78 is 1.75. The Morgan fingerprint density at radius 1 is 1.31 bits per heavy atom. The molecule has 1 aromatic heterocycles. The maximum atomic E-state index is 11.1. The Labute approximate surface area is 73.1 Å². The van der Waals surface area contributed by atoms with Gasteiger partial charge in [-0.05, 0) is 6.07 Å². The Morgan fingerprint density at radius 2 is 2.23 bits per heavy atom. The van der Waals surface area contributed by atoms with Crippen LogP contribution in [0.3, 0.4) is 0 Å². The first-order chi connectivity index (χ1) is 6.34. The van der Waals surface area contributed by atoms with E-state index in [9.17, 15) is 4.79 Å². The van der Waals surface area contributed by atoms with Gasteiger partial charge in [-0.2, -0.15) is 0 Å². The van der Waals surface area contributed by atoms with E-state index in [0.717, 1.165) is 16.9 Å². The smallest absolute Gasteiger partial charge is 0.266 e. The van der Waals surface area contributed by atoms with Crippen molar-refractivity contribution in [2.75, 3.05) is 0 Å². The van der Waals surface area contributed by atoms with Gasteiger partial charge < -0.3 is 4.98 Å². The van der Waals surface area contributed by atoms with E-state index in [1.807, 2.05) is 24.4 Å². The molecular weight excluding hydrogens is 166 g/mol. The Balaban J connectivity index is 2.62. The summed E-state index contributed by atoms with van der Waals surface area (Å²) in [4.78, 5) is 14.1. The second kappa shape index (κ2) is 2.04. The number of aromatic nitrogens is 3. The van der Waals surface area contributed by atoms with Gasteiger partial charge in [0.1, 0.15) is 5.65 Å². The van der Waals surface area contributed by atoms with Gasteiger partial charge in [0.15, 0.2) is 0 Å². The molecule has 2 N–H and O–H groups in total. The zero-order chi connectivity index (χ0) is 8.84. The summed E-state index contributed by atoms with van der Waals surface area (Å²) >= 11 is 0. The molecule has 0 fully saturated rings. The Hall–Kier alpha value is -1.97. The van der Waals surface area contributed by atoms with Crippen LogP contribution in [0.1, 0.15) is 0 Å². The molecule has 2 aliphatic rings. The summed E-state index contributed by atoms with van der Waals surface area (Å²) in [7, 11) is 0. The normalized spacial score (nSPS) is 11.4. The van der Waals surface area contributed by atoms with Crippen LogP contribution in [0.15, 0.2) is 35.3 Å². The molecule has 2 heterocycles. The number of H-pyrrole nitrogens is 2. The first-order valence-corrected chi connectivity index (χ1v) is 4.02. The molecule has 0 amide bonds. The van der Waals surface area contributed by atoms with Gasteiger partial charge in [-0.3, -0.25) is 9.89 Å². The summed E-state index contributed by atoms with van der Waals surface area (Å²) in [6, 6.07) is 7.44. The topological polar surface area (TPSA) is 53.1 Å². The van der Waals surface area contributed by atoms with Crippen LogP contribution in [0.4, 0.5) is 0 Å². The van der Waals surface area contributed by atoms with Crippen molar-refractivity contribution in [3.05, 3.63) is 40.8 Å². The number of nitrogens with zero attached hydrogens (tertiary/aromatic N) is 1. The fourth-order valence-electron chi connectivity index (χ4n) is 1.59. The third-order valence-electron chi connectivity index (χ3n) is 2.17. The maximum Gasteiger partial charge on any atom is 0.266 e.